The normalized spacial score (nSPS) is 20.9. The van der Waals surface area contributed by atoms with E-state index >= 15 is 0 Å². The zero-order chi connectivity index (χ0) is 18.7. The van der Waals surface area contributed by atoms with E-state index in [9.17, 15) is 13.0 Å². The molecule has 0 unspecified atom stereocenters. The highest BCUT2D eigenvalue weighted by molar-refractivity contribution is 7.86. The van der Waals surface area contributed by atoms with Crippen LogP contribution in [0.2, 0.25) is 0 Å². The molecule has 0 bridgehead atoms. The van der Waals surface area contributed by atoms with Crippen molar-refractivity contribution in [3.8, 4) is 11.1 Å². The highest BCUT2D eigenvalue weighted by atomic mass is 32.2. The molecule has 0 amide bonds. The summed E-state index contributed by atoms with van der Waals surface area (Å²) in [7, 11) is -4.27. The first-order valence-electron chi connectivity index (χ1n) is 9.63. The van der Waals surface area contributed by atoms with Gasteiger partial charge in [0, 0.05) is 5.56 Å². The molecule has 1 aliphatic carbocycles. The molecule has 140 valence electrons. The second kappa shape index (κ2) is 7.93. The van der Waals surface area contributed by atoms with E-state index in [0.29, 0.717) is 11.5 Å². The molecule has 26 heavy (non-hydrogen) atoms. The van der Waals surface area contributed by atoms with Gasteiger partial charge < -0.3 is 0 Å². The minimum Gasteiger partial charge on any atom is -0.282 e. The molecule has 0 saturated heterocycles. The Bertz CT molecular complexity index is 845. The van der Waals surface area contributed by atoms with Crippen LogP contribution in [0, 0.1) is 5.92 Å². The van der Waals surface area contributed by atoms with Crippen molar-refractivity contribution in [2.24, 2.45) is 5.92 Å². The summed E-state index contributed by atoms with van der Waals surface area (Å²) < 4.78 is 33.9. The molecule has 4 heteroatoms. The Kier molecular flexibility index (Phi) is 5.83. The zero-order valence-corrected chi connectivity index (χ0v) is 16.4. The molecule has 0 heterocycles. The number of benzene rings is 2. The van der Waals surface area contributed by atoms with E-state index in [0.717, 1.165) is 36.3 Å². The van der Waals surface area contributed by atoms with Gasteiger partial charge >= 0.3 is 0 Å². The van der Waals surface area contributed by atoms with Gasteiger partial charge in [0.2, 0.25) is 0 Å². The quantitative estimate of drug-likeness (QED) is 0.670. The summed E-state index contributed by atoms with van der Waals surface area (Å²) >= 11 is 0. The molecule has 0 atom stereocenters. The van der Waals surface area contributed by atoms with Crippen molar-refractivity contribution in [1.82, 2.24) is 0 Å². The van der Waals surface area contributed by atoms with Gasteiger partial charge in [-0.2, -0.15) is 8.42 Å². The van der Waals surface area contributed by atoms with Gasteiger partial charge in [-0.1, -0.05) is 56.7 Å². The van der Waals surface area contributed by atoms with Crippen LogP contribution in [0.4, 0.5) is 0 Å². The predicted molar refractivity (Wildman–Crippen MR) is 106 cm³/mol. The summed E-state index contributed by atoms with van der Waals surface area (Å²) in [6.07, 6.45) is 6.73. The molecule has 1 saturated carbocycles. The van der Waals surface area contributed by atoms with Gasteiger partial charge in [0.05, 0.1) is 0 Å². The molecule has 1 aliphatic rings. The lowest BCUT2D eigenvalue weighted by Crippen LogP contribution is -2.13. The van der Waals surface area contributed by atoms with Crippen molar-refractivity contribution >= 4 is 10.1 Å². The Labute approximate surface area is 157 Å². The minimum absolute atomic E-state index is 0.0249. The summed E-state index contributed by atoms with van der Waals surface area (Å²) in [6.45, 7) is 4.32. The molecule has 3 nitrogen and oxygen atoms in total. The van der Waals surface area contributed by atoms with Crippen molar-refractivity contribution in [1.29, 1.82) is 0 Å². The summed E-state index contributed by atoms with van der Waals surface area (Å²) in [6, 6.07) is 13.4. The van der Waals surface area contributed by atoms with Crippen LogP contribution in [-0.4, -0.2) is 13.0 Å². The summed E-state index contributed by atoms with van der Waals surface area (Å²) in [5.74, 6) is 1.18. The maximum absolute atomic E-state index is 12.0. The molecule has 0 aliphatic heterocycles. The van der Waals surface area contributed by atoms with Crippen LogP contribution in [0.5, 0.6) is 0 Å². The number of rotatable bonds is 5. The molecular formula is C22H28O3S. The standard InChI is InChI=1S/C22H28O3S/c1-3-16-5-9-18(10-6-16)20-13-14-21(22(15-20)26(23,24)25)19-11-7-17(4-2)8-12-19/h7-8,11-16,18H,3-6,9-10H2,1-2H3,(H,23,24,25). The number of hydrogen-bond donors (Lipinski definition) is 1. The van der Waals surface area contributed by atoms with Crippen LogP contribution < -0.4 is 0 Å². The van der Waals surface area contributed by atoms with E-state index in [1.54, 1.807) is 6.07 Å². The van der Waals surface area contributed by atoms with Crippen LogP contribution >= 0.6 is 0 Å². The summed E-state index contributed by atoms with van der Waals surface area (Å²) in [4.78, 5) is 0.0249. The van der Waals surface area contributed by atoms with E-state index in [1.165, 1.54) is 24.8 Å². The van der Waals surface area contributed by atoms with Gasteiger partial charge in [-0.25, -0.2) is 0 Å². The molecule has 2 aromatic carbocycles. The first kappa shape index (κ1) is 19.1. The zero-order valence-electron chi connectivity index (χ0n) is 15.6. The Morgan fingerprint density at radius 3 is 2.15 bits per heavy atom. The predicted octanol–water partition coefficient (Wildman–Crippen LogP) is 5.85. The Hall–Kier alpha value is -1.65. The number of aryl methyl sites for hydroxylation is 1. The fourth-order valence-corrected chi connectivity index (χ4v) is 4.82. The van der Waals surface area contributed by atoms with Gasteiger partial charge in [0.15, 0.2) is 0 Å². The summed E-state index contributed by atoms with van der Waals surface area (Å²) in [5, 5.41) is 0. The highest BCUT2D eigenvalue weighted by Gasteiger charge is 2.24. The SMILES string of the molecule is CCc1ccc(-c2ccc(C3CCC(CC)CC3)cc2S(=O)(=O)O)cc1. The highest BCUT2D eigenvalue weighted by Crippen LogP contribution is 2.39. The van der Waals surface area contributed by atoms with Crippen LogP contribution in [0.1, 0.15) is 63.0 Å². The first-order chi connectivity index (χ1) is 12.4. The van der Waals surface area contributed by atoms with Crippen molar-refractivity contribution in [2.45, 2.75) is 63.2 Å². The lowest BCUT2D eigenvalue weighted by molar-refractivity contribution is 0.318. The second-order valence-corrected chi connectivity index (χ2v) is 8.80. The van der Waals surface area contributed by atoms with Crippen molar-refractivity contribution in [3.63, 3.8) is 0 Å². The Morgan fingerprint density at radius 1 is 0.962 bits per heavy atom. The lowest BCUT2D eigenvalue weighted by atomic mass is 9.77. The third-order valence-electron chi connectivity index (χ3n) is 5.85. The third-order valence-corrected chi connectivity index (χ3v) is 6.75. The smallest absolute Gasteiger partial charge is 0.282 e. The van der Waals surface area contributed by atoms with E-state index < -0.39 is 10.1 Å². The summed E-state index contributed by atoms with van der Waals surface area (Å²) in [5.41, 5.74) is 3.62. The van der Waals surface area contributed by atoms with Gasteiger partial charge in [0.25, 0.3) is 10.1 Å². The van der Waals surface area contributed by atoms with E-state index in [1.807, 2.05) is 36.4 Å². The van der Waals surface area contributed by atoms with Crippen molar-refractivity contribution in [2.75, 3.05) is 0 Å². The third kappa shape index (κ3) is 4.18. The van der Waals surface area contributed by atoms with E-state index in [2.05, 4.69) is 13.8 Å². The maximum Gasteiger partial charge on any atom is 0.295 e. The van der Waals surface area contributed by atoms with Gasteiger partial charge in [-0.3, -0.25) is 4.55 Å². The second-order valence-electron chi connectivity index (χ2n) is 7.41. The van der Waals surface area contributed by atoms with E-state index in [-0.39, 0.29) is 4.90 Å². The topological polar surface area (TPSA) is 54.4 Å². The molecule has 0 spiro atoms. The molecule has 1 fully saturated rings. The fraction of sp³-hybridized carbons (Fsp3) is 0.455. The Balaban J connectivity index is 1.96. The molecule has 1 N–H and O–H groups in total. The average molecular weight is 373 g/mol. The Morgan fingerprint density at radius 2 is 1.62 bits per heavy atom. The maximum atomic E-state index is 12.0. The van der Waals surface area contributed by atoms with Crippen LogP contribution in [0.25, 0.3) is 11.1 Å². The fourth-order valence-electron chi connectivity index (χ4n) is 4.07. The largest absolute Gasteiger partial charge is 0.295 e. The molecule has 3 rings (SSSR count). The monoisotopic (exact) mass is 372 g/mol. The van der Waals surface area contributed by atoms with Gasteiger partial charge in [0.1, 0.15) is 4.90 Å². The van der Waals surface area contributed by atoms with Gasteiger partial charge in [-0.15, -0.1) is 0 Å². The molecule has 0 aromatic heterocycles. The van der Waals surface area contributed by atoms with Crippen LogP contribution in [0.3, 0.4) is 0 Å². The first-order valence-corrected chi connectivity index (χ1v) is 11.1. The van der Waals surface area contributed by atoms with Gasteiger partial charge in [-0.05, 0) is 66.7 Å². The van der Waals surface area contributed by atoms with E-state index in [4.69, 9.17) is 0 Å². The van der Waals surface area contributed by atoms with Crippen molar-refractivity contribution in [3.05, 3.63) is 53.6 Å². The lowest BCUT2D eigenvalue weighted by Gasteiger charge is -2.28. The van der Waals surface area contributed by atoms with Crippen LogP contribution in [-0.2, 0) is 16.5 Å². The molecular weight excluding hydrogens is 344 g/mol. The number of hydrogen-bond acceptors (Lipinski definition) is 2. The average Bonchev–Trinajstić information content (AvgIpc) is 2.67. The molecule has 0 radical (unpaired) electrons. The minimum atomic E-state index is -4.27. The van der Waals surface area contributed by atoms with Crippen LogP contribution in [0.15, 0.2) is 47.4 Å². The molecule has 2 aromatic rings. The van der Waals surface area contributed by atoms with Crippen molar-refractivity contribution < 1.29 is 13.0 Å².